The molecule has 158 valence electrons. The van der Waals surface area contributed by atoms with E-state index in [2.05, 4.69) is 9.89 Å². The van der Waals surface area contributed by atoms with Crippen molar-refractivity contribution < 1.29 is 27.2 Å². The van der Waals surface area contributed by atoms with Crippen LogP contribution in [0, 0.1) is 0 Å². The van der Waals surface area contributed by atoms with E-state index in [1.54, 1.807) is 17.0 Å². The zero-order valence-electron chi connectivity index (χ0n) is 16.1. The van der Waals surface area contributed by atoms with Gasteiger partial charge in [0.2, 0.25) is 0 Å². The van der Waals surface area contributed by atoms with Crippen LogP contribution in [0.4, 0.5) is 13.2 Å². The summed E-state index contributed by atoms with van der Waals surface area (Å²) < 4.78 is 46.7. The Morgan fingerprint density at radius 1 is 1.28 bits per heavy atom. The highest BCUT2D eigenvalue weighted by molar-refractivity contribution is 5.92. The van der Waals surface area contributed by atoms with Gasteiger partial charge in [-0.1, -0.05) is 24.2 Å². The summed E-state index contributed by atoms with van der Waals surface area (Å²) in [5.41, 5.74) is 6.71. The molecule has 1 amide bonds. The van der Waals surface area contributed by atoms with Crippen molar-refractivity contribution in [2.45, 2.75) is 64.0 Å². The lowest BCUT2D eigenvalue weighted by molar-refractivity contribution is -0.274. The number of aromatic nitrogens is 1. The van der Waals surface area contributed by atoms with Gasteiger partial charge in [0, 0.05) is 31.1 Å². The summed E-state index contributed by atoms with van der Waals surface area (Å²) in [5.74, 6) is -0.0293. The van der Waals surface area contributed by atoms with E-state index in [1.807, 2.05) is 6.92 Å². The van der Waals surface area contributed by atoms with E-state index in [9.17, 15) is 18.0 Å². The van der Waals surface area contributed by atoms with Gasteiger partial charge in [-0.2, -0.15) is 0 Å². The summed E-state index contributed by atoms with van der Waals surface area (Å²) in [6.45, 7) is 2.03. The maximum Gasteiger partial charge on any atom is 0.573 e. The number of carbonyl (C=O) groups is 1. The third-order valence-corrected chi connectivity index (χ3v) is 5.05. The van der Waals surface area contributed by atoms with Crippen LogP contribution in [-0.2, 0) is 13.0 Å². The van der Waals surface area contributed by atoms with E-state index in [0.717, 1.165) is 25.7 Å². The molecule has 2 N–H and O–H groups in total. The monoisotopic (exact) mass is 411 g/mol. The molecule has 1 aliphatic rings. The third-order valence-electron chi connectivity index (χ3n) is 5.05. The predicted octanol–water partition coefficient (Wildman–Crippen LogP) is 4.05. The summed E-state index contributed by atoms with van der Waals surface area (Å²) in [5, 5.41) is 3.86. The Morgan fingerprint density at radius 3 is 2.62 bits per heavy atom. The number of benzene rings is 1. The van der Waals surface area contributed by atoms with Crippen LogP contribution >= 0.6 is 0 Å². The molecular formula is C20H24F3N3O3. The minimum Gasteiger partial charge on any atom is -0.406 e. The molecular weight excluding hydrogens is 387 g/mol. The number of ether oxygens (including phenoxy) is 1. The Morgan fingerprint density at radius 2 is 2.00 bits per heavy atom. The lowest BCUT2D eigenvalue weighted by Crippen LogP contribution is -2.44. The second-order valence-corrected chi connectivity index (χ2v) is 7.23. The lowest BCUT2D eigenvalue weighted by Gasteiger charge is -2.35. The van der Waals surface area contributed by atoms with Gasteiger partial charge in [0.1, 0.15) is 11.5 Å². The molecule has 9 heteroatoms. The molecule has 6 nitrogen and oxygen atoms in total. The fourth-order valence-corrected chi connectivity index (χ4v) is 3.55. The van der Waals surface area contributed by atoms with E-state index in [1.165, 1.54) is 18.2 Å². The van der Waals surface area contributed by atoms with Gasteiger partial charge in [0.15, 0.2) is 5.69 Å². The zero-order chi connectivity index (χ0) is 21.0. The number of nitrogens with two attached hydrogens (primary N) is 1. The number of hydrogen-bond acceptors (Lipinski definition) is 5. The normalized spacial score (nSPS) is 19.8. The second-order valence-electron chi connectivity index (χ2n) is 7.23. The number of halogens is 3. The first-order valence-corrected chi connectivity index (χ1v) is 9.62. The fraction of sp³-hybridized carbons (Fsp3) is 0.500. The van der Waals surface area contributed by atoms with Crippen molar-refractivity contribution >= 4 is 5.91 Å². The number of amides is 1. The third kappa shape index (κ3) is 5.72. The molecule has 0 radical (unpaired) electrons. The van der Waals surface area contributed by atoms with Crippen LogP contribution in [0.25, 0.3) is 0 Å². The Balaban J connectivity index is 1.83. The van der Waals surface area contributed by atoms with E-state index in [4.69, 9.17) is 10.3 Å². The Bertz CT molecular complexity index is 830. The largest absolute Gasteiger partial charge is 0.573 e. The van der Waals surface area contributed by atoms with Crippen molar-refractivity contribution in [2.75, 3.05) is 0 Å². The van der Waals surface area contributed by atoms with Crippen molar-refractivity contribution in [2.24, 2.45) is 5.73 Å². The van der Waals surface area contributed by atoms with E-state index >= 15 is 0 Å². The molecule has 0 unspecified atom stereocenters. The smallest absolute Gasteiger partial charge is 0.406 e. The molecule has 0 aliphatic heterocycles. The fourth-order valence-electron chi connectivity index (χ4n) is 3.55. The molecule has 0 bridgehead atoms. The van der Waals surface area contributed by atoms with Gasteiger partial charge in [0.05, 0.1) is 0 Å². The Kier molecular flexibility index (Phi) is 6.46. The topological polar surface area (TPSA) is 81.6 Å². The SMILES string of the molecule is CCc1cc(C(=O)N(Cc2cccc(OC(F)(F)F)c2)C2CCC(N)CC2)no1. The highest BCUT2D eigenvalue weighted by Gasteiger charge is 2.32. The van der Waals surface area contributed by atoms with Crippen LogP contribution in [0.1, 0.15) is 54.4 Å². The van der Waals surface area contributed by atoms with E-state index in [-0.39, 0.29) is 36.0 Å². The summed E-state index contributed by atoms with van der Waals surface area (Å²) in [4.78, 5) is 14.8. The number of carbonyl (C=O) groups excluding carboxylic acids is 1. The molecule has 0 spiro atoms. The molecule has 1 aliphatic carbocycles. The van der Waals surface area contributed by atoms with Gasteiger partial charge in [-0.15, -0.1) is 13.2 Å². The quantitative estimate of drug-likeness (QED) is 0.776. The molecule has 1 saturated carbocycles. The standard InChI is InChI=1S/C20H24F3N3O3/c1-2-16-11-18(25-29-16)19(27)26(15-8-6-14(24)7-9-15)12-13-4-3-5-17(10-13)28-20(21,22)23/h3-5,10-11,14-15H,2,6-9,12,24H2,1H3. The van der Waals surface area contributed by atoms with Crippen LogP contribution < -0.4 is 10.5 Å². The molecule has 1 heterocycles. The van der Waals surface area contributed by atoms with Gasteiger partial charge < -0.3 is 19.9 Å². The van der Waals surface area contributed by atoms with Crippen LogP contribution in [0.5, 0.6) is 5.75 Å². The minimum atomic E-state index is -4.77. The van der Waals surface area contributed by atoms with Gasteiger partial charge >= 0.3 is 6.36 Å². The molecule has 2 aromatic rings. The summed E-state index contributed by atoms with van der Waals surface area (Å²) in [6, 6.07) is 7.30. The van der Waals surface area contributed by atoms with Gasteiger partial charge in [0.25, 0.3) is 5.91 Å². The first-order valence-electron chi connectivity index (χ1n) is 9.62. The van der Waals surface area contributed by atoms with Crippen LogP contribution in [0.2, 0.25) is 0 Å². The van der Waals surface area contributed by atoms with Gasteiger partial charge in [-0.05, 0) is 43.4 Å². The molecule has 1 aromatic carbocycles. The molecule has 0 atom stereocenters. The predicted molar refractivity (Wildman–Crippen MR) is 99.1 cm³/mol. The minimum absolute atomic E-state index is 0.0729. The van der Waals surface area contributed by atoms with Crippen LogP contribution in [0.15, 0.2) is 34.9 Å². The molecule has 29 heavy (non-hydrogen) atoms. The van der Waals surface area contributed by atoms with Gasteiger partial charge in [-0.3, -0.25) is 4.79 Å². The van der Waals surface area contributed by atoms with Crippen molar-refractivity contribution in [1.29, 1.82) is 0 Å². The van der Waals surface area contributed by atoms with Crippen molar-refractivity contribution in [1.82, 2.24) is 10.1 Å². The maximum absolute atomic E-state index is 13.1. The van der Waals surface area contributed by atoms with E-state index < -0.39 is 6.36 Å². The van der Waals surface area contributed by atoms with E-state index in [0.29, 0.717) is 17.7 Å². The lowest BCUT2D eigenvalue weighted by atomic mass is 9.90. The average Bonchev–Trinajstić information content (AvgIpc) is 3.15. The van der Waals surface area contributed by atoms with Crippen LogP contribution in [-0.4, -0.2) is 34.4 Å². The van der Waals surface area contributed by atoms with Crippen LogP contribution in [0.3, 0.4) is 0 Å². The molecule has 3 rings (SSSR count). The number of aryl methyl sites for hydroxylation is 1. The Hall–Kier alpha value is -2.55. The second kappa shape index (κ2) is 8.86. The Labute approximate surface area is 166 Å². The highest BCUT2D eigenvalue weighted by Crippen LogP contribution is 2.28. The van der Waals surface area contributed by atoms with Crippen molar-refractivity contribution in [3.63, 3.8) is 0 Å². The highest BCUT2D eigenvalue weighted by atomic mass is 19.4. The number of hydrogen-bond donors (Lipinski definition) is 1. The summed E-state index contributed by atoms with van der Waals surface area (Å²) in [6.07, 6.45) is -1.15. The summed E-state index contributed by atoms with van der Waals surface area (Å²) >= 11 is 0. The summed E-state index contributed by atoms with van der Waals surface area (Å²) in [7, 11) is 0. The maximum atomic E-state index is 13.1. The number of alkyl halides is 3. The first-order chi connectivity index (χ1) is 13.7. The van der Waals surface area contributed by atoms with Crippen molar-refractivity contribution in [3.8, 4) is 5.75 Å². The number of rotatable bonds is 6. The molecule has 0 saturated heterocycles. The zero-order valence-corrected chi connectivity index (χ0v) is 16.1. The average molecular weight is 411 g/mol. The van der Waals surface area contributed by atoms with Crippen molar-refractivity contribution in [3.05, 3.63) is 47.3 Å². The first kappa shape index (κ1) is 21.2. The van der Waals surface area contributed by atoms with Gasteiger partial charge in [-0.25, -0.2) is 0 Å². The molecule has 1 fully saturated rings. The number of nitrogens with zero attached hydrogens (tertiary/aromatic N) is 2. The molecule has 1 aromatic heterocycles.